The molecule has 5 rings (SSSR count). The fraction of sp³-hybridized carbons (Fsp3) is 0.0769. The van der Waals surface area contributed by atoms with E-state index in [0.717, 1.165) is 22.3 Å². The summed E-state index contributed by atoms with van der Waals surface area (Å²) in [6.45, 7) is 2.31. The number of nitrogens with zero attached hydrogens (tertiary/aromatic N) is 3. The Kier molecular flexibility index (Phi) is 6.47. The highest BCUT2D eigenvalue weighted by Crippen LogP contribution is 2.31. The molecule has 0 aliphatic carbocycles. The summed E-state index contributed by atoms with van der Waals surface area (Å²) in [5.74, 6) is 0.172. The van der Waals surface area contributed by atoms with Crippen molar-refractivity contribution < 1.29 is 9.53 Å². The number of amides is 1. The van der Waals surface area contributed by atoms with Gasteiger partial charge in [0.05, 0.1) is 5.57 Å². The predicted octanol–water partition coefficient (Wildman–Crippen LogP) is 6.55. The first-order valence-corrected chi connectivity index (χ1v) is 12.2. The lowest BCUT2D eigenvalue weighted by molar-refractivity contribution is -0.114. The zero-order chi connectivity index (χ0) is 24.5. The fourth-order valence-electron chi connectivity index (χ4n) is 3.43. The van der Waals surface area contributed by atoms with Crippen LogP contribution in [0.1, 0.15) is 22.3 Å². The number of ether oxygens (including phenoxy) is 1. The van der Waals surface area contributed by atoms with Crippen LogP contribution in [-0.2, 0) is 11.4 Å². The predicted molar refractivity (Wildman–Crippen MR) is 143 cm³/mol. The van der Waals surface area contributed by atoms with Gasteiger partial charge in [-0.25, -0.2) is 0 Å². The molecule has 1 amide bonds. The molecule has 9 heteroatoms. The molecule has 3 aromatic rings. The third-order valence-corrected chi connectivity index (χ3v) is 6.90. The molecule has 35 heavy (non-hydrogen) atoms. The van der Waals surface area contributed by atoms with Crippen LogP contribution in [0.3, 0.4) is 0 Å². The van der Waals surface area contributed by atoms with Gasteiger partial charge >= 0.3 is 0 Å². The van der Waals surface area contributed by atoms with Gasteiger partial charge < -0.3 is 4.74 Å². The Hall–Kier alpha value is -3.39. The molecule has 0 saturated heterocycles. The van der Waals surface area contributed by atoms with Crippen LogP contribution in [0.2, 0.25) is 10.0 Å². The maximum absolute atomic E-state index is 12.7. The standard InChI is InChI=1S/C26H18Cl2N4O2S/c1-15-2-6-17(7-3-15)25-31-32-23(29)21(24(33)30-26(32)35-25)12-16-4-10-20(11-5-16)34-14-18-8-9-19(27)13-22(18)28/h2-13,29H,14H2,1H3/b21-12-,29-23?. The van der Waals surface area contributed by atoms with E-state index in [0.29, 0.717) is 32.6 Å². The monoisotopic (exact) mass is 520 g/mol. The van der Waals surface area contributed by atoms with Crippen molar-refractivity contribution in [2.24, 2.45) is 10.1 Å². The molecule has 0 atom stereocenters. The topological polar surface area (TPSA) is 78.1 Å². The maximum Gasteiger partial charge on any atom is 0.283 e. The molecule has 0 spiro atoms. The quantitative estimate of drug-likeness (QED) is 0.387. The number of aliphatic imine (C=N–C) groups is 1. The third-order valence-electron chi connectivity index (χ3n) is 5.35. The van der Waals surface area contributed by atoms with E-state index < -0.39 is 5.91 Å². The van der Waals surface area contributed by atoms with E-state index in [-0.39, 0.29) is 11.4 Å². The Morgan fingerprint density at radius 3 is 2.51 bits per heavy atom. The molecular formula is C26H18Cl2N4O2S. The second kappa shape index (κ2) is 9.70. The van der Waals surface area contributed by atoms with E-state index >= 15 is 0 Å². The van der Waals surface area contributed by atoms with Crippen LogP contribution in [0, 0.1) is 12.3 Å². The maximum atomic E-state index is 12.7. The molecule has 0 saturated carbocycles. The highest BCUT2D eigenvalue weighted by molar-refractivity contribution is 8.27. The number of thioether (sulfide) groups is 1. The average Bonchev–Trinajstić information content (AvgIpc) is 3.26. The average molecular weight is 521 g/mol. The van der Waals surface area contributed by atoms with Gasteiger partial charge in [0.2, 0.25) is 5.17 Å². The number of aryl methyl sites for hydroxylation is 1. The highest BCUT2D eigenvalue weighted by atomic mass is 35.5. The second-order valence-corrected chi connectivity index (χ2v) is 9.68. The zero-order valence-corrected chi connectivity index (χ0v) is 20.8. The van der Waals surface area contributed by atoms with Crippen LogP contribution in [0.15, 0.2) is 82.4 Å². The summed E-state index contributed by atoms with van der Waals surface area (Å²) in [5, 5.41) is 16.7. The molecule has 1 N–H and O–H groups in total. The molecule has 2 aliphatic rings. The van der Waals surface area contributed by atoms with Crippen molar-refractivity contribution in [1.29, 1.82) is 5.41 Å². The molecule has 0 bridgehead atoms. The van der Waals surface area contributed by atoms with Gasteiger partial charge in [-0.1, -0.05) is 71.2 Å². The van der Waals surface area contributed by atoms with Crippen molar-refractivity contribution in [2.45, 2.75) is 13.5 Å². The van der Waals surface area contributed by atoms with Gasteiger partial charge in [-0.3, -0.25) is 10.2 Å². The van der Waals surface area contributed by atoms with E-state index in [1.165, 1.54) is 16.8 Å². The molecule has 2 heterocycles. The lowest BCUT2D eigenvalue weighted by Crippen LogP contribution is -2.35. The number of fused-ring (bicyclic) bond motifs is 1. The van der Waals surface area contributed by atoms with Crippen molar-refractivity contribution >= 4 is 63.0 Å². The summed E-state index contributed by atoms with van der Waals surface area (Å²) in [5.41, 5.74) is 3.80. The van der Waals surface area contributed by atoms with E-state index in [9.17, 15) is 4.79 Å². The van der Waals surface area contributed by atoms with E-state index in [2.05, 4.69) is 10.1 Å². The summed E-state index contributed by atoms with van der Waals surface area (Å²) in [6, 6.07) is 20.4. The molecule has 0 fully saturated rings. The van der Waals surface area contributed by atoms with Crippen LogP contribution < -0.4 is 4.74 Å². The molecule has 6 nitrogen and oxygen atoms in total. The Labute approximate surface area is 216 Å². The zero-order valence-electron chi connectivity index (χ0n) is 18.5. The van der Waals surface area contributed by atoms with Crippen LogP contribution in [0.5, 0.6) is 5.75 Å². The van der Waals surface area contributed by atoms with E-state index in [4.69, 9.17) is 33.3 Å². The normalized spacial score (nSPS) is 16.3. The number of halogens is 2. The van der Waals surface area contributed by atoms with Crippen LogP contribution in [0.4, 0.5) is 0 Å². The number of rotatable bonds is 5. The number of nitrogens with one attached hydrogen (secondary N) is 1. The van der Waals surface area contributed by atoms with Gasteiger partial charge in [0, 0.05) is 21.2 Å². The number of carbonyl (C=O) groups is 1. The Bertz CT molecular complexity index is 1430. The Balaban J connectivity index is 1.31. The number of amidine groups is 2. The summed E-state index contributed by atoms with van der Waals surface area (Å²) in [7, 11) is 0. The number of hydrogen-bond acceptors (Lipinski definition) is 5. The highest BCUT2D eigenvalue weighted by Gasteiger charge is 2.36. The summed E-state index contributed by atoms with van der Waals surface area (Å²) in [4.78, 5) is 16.8. The Morgan fingerprint density at radius 1 is 1.06 bits per heavy atom. The molecular weight excluding hydrogens is 503 g/mol. The molecule has 174 valence electrons. The van der Waals surface area contributed by atoms with Crippen molar-refractivity contribution in [3.8, 4) is 5.75 Å². The minimum absolute atomic E-state index is 0.00711. The van der Waals surface area contributed by atoms with Gasteiger partial charge in [0.15, 0.2) is 5.84 Å². The van der Waals surface area contributed by atoms with Gasteiger partial charge in [-0.2, -0.15) is 15.1 Å². The van der Waals surface area contributed by atoms with Crippen molar-refractivity contribution in [1.82, 2.24) is 5.01 Å². The van der Waals surface area contributed by atoms with E-state index in [1.54, 1.807) is 30.3 Å². The third kappa shape index (κ3) is 5.03. The first-order valence-electron chi connectivity index (χ1n) is 10.6. The van der Waals surface area contributed by atoms with Crippen molar-refractivity contribution in [3.05, 3.63) is 105 Å². The molecule has 2 aliphatic heterocycles. The molecule has 0 unspecified atom stereocenters. The molecule has 0 radical (unpaired) electrons. The van der Waals surface area contributed by atoms with Gasteiger partial charge in [0.25, 0.3) is 5.91 Å². The van der Waals surface area contributed by atoms with Crippen molar-refractivity contribution in [2.75, 3.05) is 0 Å². The van der Waals surface area contributed by atoms with Gasteiger partial charge in [0.1, 0.15) is 17.4 Å². The largest absolute Gasteiger partial charge is 0.489 e. The van der Waals surface area contributed by atoms with Crippen LogP contribution >= 0.6 is 35.0 Å². The summed E-state index contributed by atoms with van der Waals surface area (Å²) in [6.07, 6.45) is 1.63. The smallest absolute Gasteiger partial charge is 0.283 e. The summed E-state index contributed by atoms with van der Waals surface area (Å²) >= 11 is 13.4. The van der Waals surface area contributed by atoms with Gasteiger partial charge in [-0.15, -0.1) is 0 Å². The minimum Gasteiger partial charge on any atom is -0.489 e. The lowest BCUT2D eigenvalue weighted by atomic mass is 10.1. The minimum atomic E-state index is -0.466. The fourth-order valence-corrected chi connectivity index (χ4v) is 4.79. The number of hydrazone groups is 1. The summed E-state index contributed by atoms with van der Waals surface area (Å²) < 4.78 is 5.81. The van der Waals surface area contributed by atoms with Gasteiger partial charge in [-0.05, 0) is 54.6 Å². The number of hydrogen-bond donors (Lipinski definition) is 1. The first kappa shape index (κ1) is 23.4. The first-order chi connectivity index (χ1) is 16.9. The number of benzene rings is 3. The van der Waals surface area contributed by atoms with Crippen LogP contribution in [0.25, 0.3) is 6.08 Å². The van der Waals surface area contributed by atoms with Crippen molar-refractivity contribution in [3.63, 3.8) is 0 Å². The second-order valence-electron chi connectivity index (χ2n) is 7.88. The SMILES string of the molecule is Cc1ccc(C2=NN3C(=N)/C(=C/c4ccc(OCc5ccc(Cl)cc5Cl)cc4)C(=O)N=C3S2)cc1. The molecule has 3 aromatic carbocycles. The molecule has 0 aromatic heterocycles. The Morgan fingerprint density at radius 2 is 1.80 bits per heavy atom. The van der Waals surface area contributed by atoms with Crippen LogP contribution in [-0.4, -0.2) is 27.0 Å². The number of carbonyl (C=O) groups excluding carboxylic acids is 1. The van der Waals surface area contributed by atoms with E-state index in [1.807, 2.05) is 49.4 Å². The lowest BCUT2D eigenvalue weighted by Gasteiger charge is -2.20.